The molecule has 0 aliphatic heterocycles. The summed E-state index contributed by atoms with van der Waals surface area (Å²) in [4.78, 5) is 4.49. The molecule has 2 nitrogen and oxygen atoms in total. The maximum atomic E-state index is 4.49. The monoisotopic (exact) mass is 236 g/mol. The van der Waals surface area contributed by atoms with E-state index in [9.17, 15) is 0 Å². The predicted molar refractivity (Wildman–Crippen MR) is 75.3 cm³/mol. The van der Waals surface area contributed by atoms with E-state index in [2.05, 4.69) is 66.7 Å². The van der Waals surface area contributed by atoms with Gasteiger partial charge in [0.15, 0.2) is 0 Å². The Bertz CT molecular complexity index is 723. The molecule has 0 amide bonds. The van der Waals surface area contributed by atoms with Gasteiger partial charge in [-0.15, -0.1) is 0 Å². The van der Waals surface area contributed by atoms with Crippen LogP contribution in [0.25, 0.3) is 16.7 Å². The van der Waals surface area contributed by atoms with Crippen LogP contribution in [0.4, 0.5) is 0 Å². The summed E-state index contributed by atoms with van der Waals surface area (Å²) in [5.74, 6) is 0. The number of rotatable bonds is 1. The van der Waals surface area contributed by atoms with E-state index in [1.54, 1.807) is 0 Å². The van der Waals surface area contributed by atoms with Gasteiger partial charge in [0.1, 0.15) is 6.33 Å². The van der Waals surface area contributed by atoms with Gasteiger partial charge in [-0.3, -0.25) is 4.57 Å². The van der Waals surface area contributed by atoms with Gasteiger partial charge >= 0.3 is 0 Å². The zero-order valence-corrected chi connectivity index (χ0v) is 10.9. The zero-order valence-electron chi connectivity index (χ0n) is 10.9. The van der Waals surface area contributed by atoms with Crippen LogP contribution >= 0.6 is 0 Å². The SMILES string of the molecule is Cc1cccc(-n2cnc3cc(C)c(C)cc32)c1. The molecule has 0 saturated carbocycles. The minimum atomic E-state index is 1.06. The fraction of sp³-hybridized carbons (Fsp3) is 0.188. The molecule has 3 aromatic rings. The lowest BCUT2D eigenvalue weighted by Crippen LogP contribution is -1.93. The van der Waals surface area contributed by atoms with Crippen molar-refractivity contribution in [2.75, 3.05) is 0 Å². The number of hydrogen-bond acceptors (Lipinski definition) is 1. The third-order valence-electron chi connectivity index (χ3n) is 3.44. The number of nitrogens with zero attached hydrogens (tertiary/aromatic N) is 2. The van der Waals surface area contributed by atoms with Crippen LogP contribution in [-0.4, -0.2) is 9.55 Å². The standard InChI is InChI=1S/C16H16N2/c1-11-5-4-6-14(7-11)18-10-17-15-8-12(2)13(3)9-16(15)18/h4-10H,1-3H3. The fourth-order valence-corrected chi connectivity index (χ4v) is 2.25. The molecule has 0 fully saturated rings. The Balaban J connectivity index is 2.27. The first-order valence-corrected chi connectivity index (χ1v) is 6.16. The van der Waals surface area contributed by atoms with Crippen molar-refractivity contribution in [3.63, 3.8) is 0 Å². The summed E-state index contributed by atoms with van der Waals surface area (Å²) >= 11 is 0. The molecule has 90 valence electrons. The molecular formula is C16H16N2. The Morgan fingerprint density at radius 3 is 2.50 bits per heavy atom. The zero-order chi connectivity index (χ0) is 12.7. The van der Waals surface area contributed by atoms with Crippen LogP contribution in [0.5, 0.6) is 0 Å². The molecule has 2 aromatic carbocycles. The lowest BCUT2D eigenvalue weighted by molar-refractivity contribution is 1.09. The van der Waals surface area contributed by atoms with Crippen LogP contribution in [0.15, 0.2) is 42.7 Å². The van der Waals surface area contributed by atoms with Crippen molar-refractivity contribution in [3.8, 4) is 5.69 Å². The van der Waals surface area contributed by atoms with Gasteiger partial charge in [-0.25, -0.2) is 4.98 Å². The smallest absolute Gasteiger partial charge is 0.100 e. The van der Waals surface area contributed by atoms with Gasteiger partial charge in [0.25, 0.3) is 0 Å². The summed E-state index contributed by atoms with van der Waals surface area (Å²) in [6, 6.07) is 12.8. The molecule has 0 N–H and O–H groups in total. The molecule has 0 aliphatic rings. The highest BCUT2D eigenvalue weighted by atomic mass is 15.0. The molecule has 1 heterocycles. The molecule has 3 rings (SSSR count). The van der Waals surface area contributed by atoms with Gasteiger partial charge in [0.05, 0.1) is 11.0 Å². The molecule has 0 radical (unpaired) electrons. The van der Waals surface area contributed by atoms with Crippen LogP contribution in [-0.2, 0) is 0 Å². The summed E-state index contributed by atoms with van der Waals surface area (Å²) in [7, 11) is 0. The van der Waals surface area contributed by atoms with Gasteiger partial charge in [-0.2, -0.15) is 0 Å². The van der Waals surface area contributed by atoms with E-state index < -0.39 is 0 Å². The van der Waals surface area contributed by atoms with Crippen molar-refractivity contribution in [1.29, 1.82) is 0 Å². The second-order valence-corrected chi connectivity index (χ2v) is 4.88. The van der Waals surface area contributed by atoms with Crippen molar-refractivity contribution < 1.29 is 0 Å². The summed E-state index contributed by atoms with van der Waals surface area (Å²) in [6.45, 7) is 6.38. The Morgan fingerprint density at radius 2 is 1.72 bits per heavy atom. The van der Waals surface area contributed by atoms with Crippen molar-refractivity contribution in [2.24, 2.45) is 0 Å². The second kappa shape index (κ2) is 3.98. The number of benzene rings is 2. The van der Waals surface area contributed by atoms with E-state index in [0.717, 1.165) is 5.52 Å². The van der Waals surface area contributed by atoms with Crippen LogP contribution in [0.1, 0.15) is 16.7 Å². The first-order valence-electron chi connectivity index (χ1n) is 6.16. The molecule has 1 aromatic heterocycles. The Morgan fingerprint density at radius 1 is 0.944 bits per heavy atom. The number of imidazole rings is 1. The summed E-state index contributed by atoms with van der Waals surface area (Å²) < 4.78 is 2.15. The average molecular weight is 236 g/mol. The molecule has 0 atom stereocenters. The molecule has 0 bridgehead atoms. The topological polar surface area (TPSA) is 17.8 Å². The molecule has 2 heteroatoms. The van der Waals surface area contributed by atoms with E-state index >= 15 is 0 Å². The van der Waals surface area contributed by atoms with Crippen LogP contribution in [0, 0.1) is 20.8 Å². The highest BCUT2D eigenvalue weighted by Crippen LogP contribution is 2.22. The fourth-order valence-electron chi connectivity index (χ4n) is 2.25. The van der Waals surface area contributed by atoms with Crippen molar-refractivity contribution in [3.05, 3.63) is 59.4 Å². The summed E-state index contributed by atoms with van der Waals surface area (Å²) in [5, 5.41) is 0. The minimum Gasteiger partial charge on any atom is -0.299 e. The van der Waals surface area contributed by atoms with Crippen LogP contribution < -0.4 is 0 Å². The Kier molecular flexibility index (Phi) is 2.44. The van der Waals surface area contributed by atoms with Gasteiger partial charge in [-0.05, 0) is 61.7 Å². The first kappa shape index (κ1) is 11.0. The number of aromatic nitrogens is 2. The second-order valence-electron chi connectivity index (χ2n) is 4.88. The normalized spacial score (nSPS) is 11.1. The van der Waals surface area contributed by atoms with E-state index in [0.29, 0.717) is 0 Å². The van der Waals surface area contributed by atoms with E-state index in [1.165, 1.54) is 27.9 Å². The number of fused-ring (bicyclic) bond motifs is 1. The van der Waals surface area contributed by atoms with Gasteiger partial charge in [0.2, 0.25) is 0 Å². The van der Waals surface area contributed by atoms with E-state index in [4.69, 9.17) is 0 Å². The molecule has 0 spiro atoms. The van der Waals surface area contributed by atoms with Crippen molar-refractivity contribution in [1.82, 2.24) is 9.55 Å². The highest BCUT2D eigenvalue weighted by Gasteiger charge is 2.06. The third-order valence-corrected chi connectivity index (χ3v) is 3.44. The summed E-state index contributed by atoms with van der Waals surface area (Å²) in [6.07, 6.45) is 1.90. The number of hydrogen-bond donors (Lipinski definition) is 0. The van der Waals surface area contributed by atoms with Crippen molar-refractivity contribution >= 4 is 11.0 Å². The van der Waals surface area contributed by atoms with Gasteiger partial charge < -0.3 is 0 Å². The van der Waals surface area contributed by atoms with E-state index in [1.807, 2.05) is 6.33 Å². The highest BCUT2D eigenvalue weighted by molar-refractivity contribution is 5.79. The third kappa shape index (κ3) is 1.70. The molecule has 0 aliphatic carbocycles. The average Bonchev–Trinajstić information content (AvgIpc) is 2.73. The largest absolute Gasteiger partial charge is 0.299 e. The van der Waals surface area contributed by atoms with Crippen molar-refractivity contribution in [2.45, 2.75) is 20.8 Å². The van der Waals surface area contributed by atoms with Gasteiger partial charge in [0, 0.05) is 5.69 Å². The number of aryl methyl sites for hydroxylation is 3. The molecule has 0 saturated heterocycles. The quantitative estimate of drug-likeness (QED) is 0.625. The lowest BCUT2D eigenvalue weighted by Gasteiger charge is -2.06. The lowest BCUT2D eigenvalue weighted by atomic mass is 10.1. The maximum absolute atomic E-state index is 4.49. The van der Waals surface area contributed by atoms with E-state index in [-0.39, 0.29) is 0 Å². The van der Waals surface area contributed by atoms with Gasteiger partial charge in [-0.1, -0.05) is 12.1 Å². The Hall–Kier alpha value is -2.09. The molecular weight excluding hydrogens is 220 g/mol. The molecule has 18 heavy (non-hydrogen) atoms. The van der Waals surface area contributed by atoms with Crippen LogP contribution in [0.3, 0.4) is 0 Å². The minimum absolute atomic E-state index is 1.06. The predicted octanol–water partition coefficient (Wildman–Crippen LogP) is 3.95. The Labute approximate surface area is 107 Å². The maximum Gasteiger partial charge on any atom is 0.100 e. The molecule has 0 unspecified atom stereocenters. The first-order chi connectivity index (χ1) is 8.65. The summed E-state index contributed by atoms with van der Waals surface area (Å²) in [5.41, 5.74) is 7.25. The van der Waals surface area contributed by atoms with Crippen LogP contribution in [0.2, 0.25) is 0 Å².